The van der Waals surface area contributed by atoms with E-state index in [0.29, 0.717) is 12.4 Å². The summed E-state index contributed by atoms with van der Waals surface area (Å²) in [5.74, 6) is 0.580. The number of phosphoric ester groups is 1. The predicted molar refractivity (Wildman–Crippen MR) is 149 cm³/mol. The number of hydrogen-bond donors (Lipinski definition) is 2. The van der Waals surface area contributed by atoms with Crippen molar-refractivity contribution in [1.82, 2.24) is 0 Å². The molecule has 0 aromatic heterocycles. The lowest BCUT2D eigenvalue weighted by Crippen LogP contribution is -2.04. The Bertz CT molecular complexity index is 917. The third kappa shape index (κ3) is 13.1. The summed E-state index contributed by atoms with van der Waals surface area (Å²) in [5.41, 5.74) is 2.05. The lowest BCUT2D eigenvalue weighted by atomic mass is 10.1. The molecule has 0 heterocycles. The van der Waals surface area contributed by atoms with Crippen molar-refractivity contribution in [2.75, 3.05) is 6.61 Å². The standard InChI is InChI=1S/C28H42BrO6P/c1-2-3-4-5-6-7-8-9-10-11-12-13-20-33-26-18-15-19-27(35-36(30,31)32)28(26)34-23-25-17-14-16-24(21-25)22-29/h14-19,21H,2-13,20,22-23H2,1H3,(H2,30,31,32). The first kappa shape index (κ1) is 30.7. The summed E-state index contributed by atoms with van der Waals surface area (Å²) in [6.45, 7) is 2.98. The van der Waals surface area contributed by atoms with Crippen LogP contribution in [0.15, 0.2) is 42.5 Å². The Balaban J connectivity index is 1.80. The summed E-state index contributed by atoms with van der Waals surface area (Å²) in [6.07, 6.45) is 15.2. The molecule has 2 N–H and O–H groups in total. The molecule has 8 heteroatoms. The predicted octanol–water partition coefficient (Wildman–Crippen LogP) is 8.71. The lowest BCUT2D eigenvalue weighted by Gasteiger charge is -2.17. The molecule has 2 aromatic rings. The molecule has 0 saturated carbocycles. The molecule has 0 atom stereocenters. The fourth-order valence-corrected chi connectivity index (χ4v) is 4.78. The molecule has 0 fully saturated rings. The van der Waals surface area contributed by atoms with Gasteiger partial charge in [0.15, 0.2) is 11.5 Å². The molecular formula is C28H42BrO6P. The molecule has 2 rings (SSSR count). The van der Waals surface area contributed by atoms with Crippen LogP contribution in [0, 0.1) is 0 Å². The Morgan fingerprint density at radius 3 is 1.92 bits per heavy atom. The van der Waals surface area contributed by atoms with Crippen LogP contribution in [0.2, 0.25) is 0 Å². The van der Waals surface area contributed by atoms with Crippen molar-refractivity contribution in [1.29, 1.82) is 0 Å². The van der Waals surface area contributed by atoms with Gasteiger partial charge in [-0.2, -0.15) is 0 Å². The molecule has 0 radical (unpaired) electrons. The van der Waals surface area contributed by atoms with Gasteiger partial charge in [0.25, 0.3) is 0 Å². The molecule has 0 saturated heterocycles. The van der Waals surface area contributed by atoms with E-state index in [0.717, 1.165) is 29.3 Å². The molecule has 202 valence electrons. The van der Waals surface area contributed by atoms with Gasteiger partial charge in [-0.15, -0.1) is 0 Å². The number of benzene rings is 2. The van der Waals surface area contributed by atoms with Crippen molar-refractivity contribution in [2.24, 2.45) is 0 Å². The second kappa shape index (κ2) is 17.8. The van der Waals surface area contributed by atoms with E-state index < -0.39 is 7.82 Å². The molecule has 36 heavy (non-hydrogen) atoms. The zero-order chi connectivity index (χ0) is 26.1. The van der Waals surface area contributed by atoms with Crippen LogP contribution in [0.4, 0.5) is 0 Å². The highest BCUT2D eigenvalue weighted by Gasteiger charge is 2.22. The Morgan fingerprint density at radius 2 is 1.31 bits per heavy atom. The molecule has 0 amide bonds. The van der Waals surface area contributed by atoms with E-state index in [9.17, 15) is 14.4 Å². The van der Waals surface area contributed by atoms with Crippen LogP contribution in [0.3, 0.4) is 0 Å². The molecule has 0 aliphatic heterocycles. The number of alkyl halides is 1. The molecular weight excluding hydrogens is 543 g/mol. The number of unbranched alkanes of at least 4 members (excludes halogenated alkanes) is 11. The van der Waals surface area contributed by atoms with Crippen LogP contribution >= 0.6 is 23.8 Å². The van der Waals surface area contributed by atoms with Gasteiger partial charge in [0.1, 0.15) is 6.61 Å². The van der Waals surface area contributed by atoms with Crippen LogP contribution < -0.4 is 14.0 Å². The Morgan fingerprint density at radius 1 is 0.750 bits per heavy atom. The van der Waals surface area contributed by atoms with Gasteiger partial charge in [-0.1, -0.05) is 124 Å². The smallest absolute Gasteiger partial charge is 0.490 e. The number of hydrogen-bond acceptors (Lipinski definition) is 4. The van der Waals surface area contributed by atoms with Crippen molar-refractivity contribution in [2.45, 2.75) is 95.9 Å². The van der Waals surface area contributed by atoms with Gasteiger partial charge in [0.2, 0.25) is 5.75 Å². The SMILES string of the molecule is CCCCCCCCCCCCCCOc1cccc(OP(=O)(O)O)c1OCc1cccc(CBr)c1. The average molecular weight is 586 g/mol. The molecule has 0 aliphatic rings. The summed E-state index contributed by atoms with van der Waals surface area (Å²) in [6, 6.07) is 12.7. The molecule has 0 spiro atoms. The maximum absolute atomic E-state index is 11.5. The molecule has 0 bridgehead atoms. The third-order valence-electron chi connectivity index (χ3n) is 5.94. The number of ether oxygens (including phenoxy) is 2. The lowest BCUT2D eigenvalue weighted by molar-refractivity contribution is 0.240. The zero-order valence-electron chi connectivity index (χ0n) is 21.5. The summed E-state index contributed by atoms with van der Waals surface area (Å²) in [4.78, 5) is 18.7. The maximum Gasteiger partial charge on any atom is 0.524 e. The molecule has 2 aromatic carbocycles. The average Bonchev–Trinajstić information content (AvgIpc) is 2.85. The van der Waals surface area contributed by atoms with Crippen LogP contribution in [-0.4, -0.2) is 16.4 Å². The maximum atomic E-state index is 11.5. The first-order valence-electron chi connectivity index (χ1n) is 13.2. The summed E-state index contributed by atoms with van der Waals surface area (Å²) in [7, 11) is -4.74. The van der Waals surface area contributed by atoms with E-state index in [2.05, 4.69) is 22.9 Å². The van der Waals surface area contributed by atoms with Gasteiger partial charge in [0.05, 0.1) is 6.61 Å². The van der Waals surface area contributed by atoms with Crippen molar-refractivity contribution in [3.05, 3.63) is 53.6 Å². The number of rotatable bonds is 20. The van der Waals surface area contributed by atoms with Crippen molar-refractivity contribution < 1.29 is 28.3 Å². The van der Waals surface area contributed by atoms with Gasteiger partial charge in [-0.3, -0.25) is 9.79 Å². The highest BCUT2D eigenvalue weighted by Crippen LogP contribution is 2.46. The Hall–Kier alpha value is -1.53. The second-order valence-corrected chi connectivity index (χ2v) is 10.9. The summed E-state index contributed by atoms with van der Waals surface area (Å²) < 4.78 is 28.3. The minimum Gasteiger partial charge on any atom is -0.490 e. The number of halogens is 1. The fraction of sp³-hybridized carbons (Fsp3) is 0.571. The van der Waals surface area contributed by atoms with Crippen molar-refractivity contribution in [3.63, 3.8) is 0 Å². The first-order chi connectivity index (χ1) is 17.4. The van der Waals surface area contributed by atoms with Gasteiger partial charge in [-0.25, -0.2) is 4.57 Å². The van der Waals surface area contributed by atoms with E-state index in [1.54, 1.807) is 12.1 Å². The third-order valence-corrected chi connectivity index (χ3v) is 7.03. The zero-order valence-corrected chi connectivity index (χ0v) is 24.0. The van der Waals surface area contributed by atoms with E-state index in [1.807, 2.05) is 24.3 Å². The van der Waals surface area contributed by atoms with Gasteiger partial charge < -0.3 is 14.0 Å². The Labute approximate surface area is 225 Å². The van der Waals surface area contributed by atoms with Gasteiger partial charge >= 0.3 is 7.82 Å². The monoisotopic (exact) mass is 584 g/mol. The van der Waals surface area contributed by atoms with E-state index in [4.69, 9.17) is 14.0 Å². The van der Waals surface area contributed by atoms with Gasteiger partial charge in [-0.05, 0) is 29.7 Å². The molecule has 6 nitrogen and oxygen atoms in total. The van der Waals surface area contributed by atoms with E-state index >= 15 is 0 Å². The summed E-state index contributed by atoms with van der Waals surface area (Å²) >= 11 is 3.45. The van der Waals surface area contributed by atoms with Gasteiger partial charge in [0, 0.05) is 5.33 Å². The van der Waals surface area contributed by atoms with Crippen LogP contribution in [0.25, 0.3) is 0 Å². The summed E-state index contributed by atoms with van der Waals surface area (Å²) in [5, 5.41) is 0.728. The van der Waals surface area contributed by atoms with Crippen LogP contribution in [0.1, 0.15) is 95.1 Å². The highest BCUT2D eigenvalue weighted by molar-refractivity contribution is 9.08. The topological polar surface area (TPSA) is 85.2 Å². The second-order valence-electron chi connectivity index (χ2n) is 9.15. The Kier molecular flexibility index (Phi) is 15.2. The highest BCUT2D eigenvalue weighted by atomic mass is 79.9. The quantitative estimate of drug-likeness (QED) is 0.0919. The molecule has 0 aliphatic carbocycles. The van der Waals surface area contributed by atoms with Crippen LogP contribution in [0.5, 0.6) is 17.2 Å². The number of para-hydroxylation sites is 1. The fourth-order valence-electron chi connectivity index (χ4n) is 4.03. The van der Waals surface area contributed by atoms with Crippen molar-refractivity contribution in [3.8, 4) is 17.2 Å². The first-order valence-corrected chi connectivity index (χ1v) is 15.9. The molecule has 0 unspecified atom stereocenters. The largest absolute Gasteiger partial charge is 0.524 e. The minimum absolute atomic E-state index is 0.0350. The van der Waals surface area contributed by atoms with Crippen LogP contribution in [-0.2, 0) is 16.5 Å². The van der Waals surface area contributed by atoms with Crippen molar-refractivity contribution >= 4 is 23.8 Å². The van der Waals surface area contributed by atoms with E-state index in [1.165, 1.54) is 70.3 Å². The number of phosphoric acid groups is 1. The van der Waals surface area contributed by atoms with E-state index in [-0.39, 0.29) is 18.1 Å². The normalized spacial score (nSPS) is 11.4. The minimum atomic E-state index is -4.74.